The van der Waals surface area contributed by atoms with Crippen LogP contribution in [0, 0.1) is 0 Å². The van der Waals surface area contributed by atoms with Crippen molar-refractivity contribution < 1.29 is 36.2 Å². The van der Waals surface area contributed by atoms with Crippen molar-refractivity contribution in [1.29, 1.82) is 0 Å². The van der Waals surface area contributed by atoms with Crippen molar-refractivity contribution in [2.45, 2.75) is 49.5 Å². The van der Waals surface area contributed by atoms with Crippen molar-refractivity contribution in [3.8, 4) is 5.75 Å². The lowest BCUT2D eigenvalue weighted by Crippen LogP contribution is -2.43. The molecule has 1 aliphatic rings. The molecule has 39 heavy (non-hydrogen) atoms. The zero-order chi connectivity index (χ0) is 28.6. The summed E-state index contributed by atoms with van der Waals surface area (Å²) in [6.45, 7) is 3.90. The van der Waals surface area contributed by atoms with E-state index in [1.54, 1.807) is 11.6 Å². The third-order valence-electron chi connectivity index (χ3n) is 6.00. The normalized spacial score (nSPS) is 16.9. The van der Waals surface area contributed by atoms with Gasteiger partial charge in [0.15, 0.2) is 5.03 Å². The van der Waals surface area contributed by atoms with Crippen LogP contribution in [0.2, 0.25) is 0 Å². The number of aliphatic carboxylic acids is 1. The number of carboxylic acids is 1. The van der Waals surface area contributed by atoms with Gasteiger partial charge in [-0.25, -0.2) is 22.9 Å². The highest BCUT2D eigenvalue weighted by Gasteiger charge is 2.38. The van der Waals surface area contributed by atoms with Crippen LogP contribution in [0.25, 0.3) is 0 Å². The van der Waals surface area contributed by atoms with E-state index < -0.39 is 22.2 Å². The van der Waals surface area contributed by atoms with E-state index in [9.17, 15) is 21.6 Å². The van der Waals surface area contributed by atoms with Crippen molar-refractivity contribution in [3.63, 3.8) is 0 Å². The molecule has 0 saturated heterocycles. The largest absolute Gasteiger partial charge is 0.492 e. The number of sulfonamides is 1. The summed E-state index contributed by atoms with van der Waals surface area (Å²) in [7, 11) is -1.93. The number of hydrogen-bond acceptors (Lipinski definition) is 6. The summed E-state index contributed by atoms with van der Waals surface area (Å²) in [4.78, 5) is 12.8. The number of aromatic nitrogens is 2. The predicted molar refractivity (Wildman–Crippen MR) is 138 cm³/mol. The molecule has 2 heterocycles. The highest BCUT2D eigenvalue weighted by atomic mass is 32.2. The Hall–Kier alpha value is -3.42. The second-order valence-corrected chi connectivity index (χ2v) is 10.8. The van der Waals surface area contributed by atoms with Crippen LogP contribution >= 0.6 is 0 Å². The maximum absolute atomic E-state index is 12.6. The average Bonchev–Trinajstić information content (AvgIpc) is 3.35. The lowest BCUT2D eigenvalue weighted by atomic mass is 9.83. The Kier molecular flexibility index (Phi) is 10.1. The van der Waals surface area contributed by atoms with Gasteiger partial charge in [-0.2, -0.15) is 13.2 Å². The smallest absolute Gasteiger partial charge is 0.490 e. The van der Waals surface area contributed by atoms with Crippen molar-refractivity contribution >= 4 is 16.0 Å². The monoisotopic (exact) mass is 568 g/mol. The van der Waals surface area contributed by atoms with Gasteiger partial charge in [0, 0.05) is 31.7 Å². The van der Waals surface area contributed by atoms with Gasteiger partial charge >= 0.3 is 12.1 Å². The van der Waals surface area contributed by atoms with Gasteiger partial charge in [0.1, 0.15) is 12.4 Å². The Morgan fingerprint density at radius 1 is 1.18 bits per heavy atom. The Labute approximate surface area is 225 Å². The molecule has 0 amide bonds. The van der Waals surface area contributed by atoms with E-state index >= 15 is 0 Å². The first-order chi connectivity index (χ1) is 18.4. The van der Waals surface area contributed by atoms with Crippen LogP contribution in [0.3, 0.4) is 0 Å². The molecule has 9 nitrogen and oxygen atoms in total. The fourth-order valence-corrected chi connectivity index (χ4v) is 5.07. The number of nitrogens with zero attached hydrogens (tertiary/aromatic N) is 2. The predicted octanol–water partition coefficient (Wildman–Crippen LogP) is 3.62. The highest BCUT2D eigenvalue weighted by Crippen LogP contribution is 2.37. The minimum atomic E-state index is -5.08. The molecule has 3 N–H and O–H groups in total. The molecule has 3 aromatic rings. The third kappa shape index (κ3) is 8.53. The molecule has 0 fully saturated rings. The van der Waals surface area contributed by atoms with Crippen LogP contribution < -0.4 is 14.8 Å². The summed E-state index contributed by atoms with van der Waals surface area (Å²) in [6, 6.07) is 16.6. The van der Waals surface area contributed by atoms with E-state index in [0.717, 1.165) is 36.3 Å². The quantitative estimate of drug-likeness (QED) is 0.360. The number of halogens is 3. The molecule has 0 spiro atoms. The van der Waals surface area contributed by atoms with E-state index in [1.807, 2.05) is 18.2 Å². The molecule has 2 unspecified atom stereocenters. The van der Waals surface area contributed by atoms with Crippen LogP contribution in [0.1, 0.15) is 36.0 Å². The van der Waals surface area contributed by atoms with Gasteiger partial charge in [0.2, 0.25) is 0 Å². The average molecular weight is 569 g/mol. The van der Waals surface area contributed by atoms with Crippen molar-refractivity contribution in [2.24, 2.45) is 7.05 Å². The van der Waals surface area contributed by atoms with E-state index in [2.05, 4.69) is 52.3 Å². The number of fused-ring (bicyclic) bond motifs is 1. The first-order valence-corrected chi connectivity index (χ1v) is 13.7. The maximum atomic E-state index is 12.6. The Morgan fingerprint density at radius 3 is 2.46 bits per heavy atom. The van der Waals surface area contributed by atoms with E-state index in [0.29, 0.717) is 6.61 Å². The standard InChI is InChI=1S/C24H30N4O3S.C2HF3O2/c1-3-11-25-22-16-31-23-10-9-19(14-27-32(29,30)24-15-28(2)17-26-24)13-21(23)20(22)12-18-7-5-4-6-8-18;3-2(4,5)1(6)7/h4-10,13,15,17,20,22,25,27H,3,11-12,14,16H2,1-2H3;(H,6,7). The molecule has 1 aromatic heterocycles. The van der Waals surface area contributed by atoms with E-state index in [4.69, 9.17) is 14.6 Å². The summed E-state index contributed by atoms with van der Waals surface area (Å²) >= 11 is 0. The van der Waals surface area contributed by atoms with Crippen LogP contribution in [-0.4, -0.2) is 54.4 Å². The van der Waals surface area contributed by atoms with Crippen LogP contribution in [0.4, 0.5) is 13.2 Å². The van der Waals surface area contributed by atoms with E-state index in [-0.39, 0.29) is 23.5 Å². The van der Waals surface area contributed by atoms with Gasteiger partial charge in [-0.3, -0.25) is 0 Å². The second kappa shape index (κ2) is 13.1. The molecule has 2 aromatic carbocycles. The summed E-state index contributed by atoms with van der Waals surface area (Å²) < 4.78 is 67.2. The maximum Gasteiger partial charge on any atom is 0.490 e. The molecule has 4 rings (SSSR count). The molecular formula is C26H31F3N4O5S. The lowest BCUT2D eigenvalue weighted by Gasteiger charge is -2.35. The minimum absolute atomic E-state index is 0.0204. The number of ether oxygens (including phenoxy) is 1. The molecule has 1 aliphatic heterocycles. The molecule has 0 saturated carbocycles. The summed E-state index contributed by atoms with van der Waals surface area (Å²) in [6.07, 6.45) is -0.177. The first-order valence-electron chi connectivity index (χ1n) is 12.2. The zero-order valence-corrected chi connectivity index (χ0v) is 22.3. The number of carboxylic acid groups (broad SMARTS) is 1. The van der Waals surface area contributed by atoms with Gasteiger partial charge < -0.3 is 19.7 Å². The molecule has 2 atom stereocenters. The fourth-order valence-electron chi connectivity index (χ4n) is 4.07. The van der Waals surface area contributed by atoms with E-state index in [1.165, 1.54) is 18.1 Å². The van der Waals surface area contributed by atoms with Crippen LogP contribution in [-0.2, 0) is 34.8 Å². The Balaban J connectivity index is 0.000000532. The Morgan fingerprint density at radius 2 is 1.87 bits per heavy atom. The topological polar surface area (TPSA) is 123 Å². The number of hydrogen-bond donors (Lipinski definition) is 3. The summed E-state index contributed by atoms with van der Waals surface area (Å²) in [5.74, 6) is -1.65. The lowest BCUT2D eigenvalue weighted by molar-refractivity contribution is -0.192. The number of nitrogens with one attached hydrogen (secondary N) is 2. The number of alkyl halides is 3. The summed E-state index contributed by atoms with van der Waals surface area (Å²) in [5.41, 5.74) is 3.28. The van der Waals surface area contributed by atoms with Gasteiger partial charge in [0.25, 0.3) is 10.0 Å². The molecule has 0 bridgehead atoms. The zero-order valence-electron chi connectivity index (χ0n) is 21.5. The molecular weight excluding hydrogens is 537 g/mol. The van der Waals surface area contributed by atoms with Gasteiger partial charge in [-0.15, -0.1) is 0 Å². The van der Waals surface area contributed by atoms with Crippen LogP contribution in [0.15, 0.2) is 66.1 Å². The number of carbonyl (C=O) groups is 1. The molecule has 13 heteroatoms. The number of benzene rings is 2. The van der Waals surface area contributed by atoms with Crippen molar-refractivity contribution in [1.82, 2.24) is 19.6 Å². The van der Waals surface area contributed by atoms with Crippen molar-refractivity contribution in [2.75, 3.05) is 13.2 Å². The molecule has 212 valence electrons. The Bertz CT molecular complexity index is 1350. The second-order valence-electron chi connectivity index (χ2n) is 9.04. The van der Waals surface area contributed by atoms with Gasteiger partial charge in [-0.1, -0.05) is 49.4 Å². The van der Waals surface area contributed by atoms with Gasteiger partial charge in [-0.05, 0) is 42.1 Å². The highest BCUT2D eigenvalue weighted by molar-refractivity contribution is 7.89. The first kappa shape index (κ1) is 30.1. The SMILES string of the molecule is CCCNC1COc2ccc(CNS(=O)(=O)c3cn(C)cn3)cc2C1Cc1ccccc1.O=C(O)C(F)(F)F. The van der Waals surface area contributed by atoms with Gasteiger partial charge in [0.05, 0.1) is 6.33 Å². The minimum Gasteiger partial charge on any atom is -0.492 e. The van der Waals surface area contributed by atoms with Crippen LogP contribution in [0.5, 0.6) is 5.75 Å². The number of aryl methyl sites for hydroxylation is 1. The van der Waals surface area contributed by atoms with Crippen molar-refractivity contribution in [3.05, 3.63) is 77.7 Å². The molecule has 0 aliphatic carbocycles. The number of rotatable bonds is 9. The third-order valence-corrected chi connectivity index (χ3v) is 7.28. The molecule has 0 radical (unpaired) electrons. The fraction of sp³-hybridized carbons (Fsp3) is 0.385. The number of imidazole rings is 1. The summed E-state index contributed by atoms with van der Waals surface area (Å²) in [5, 5.41) is 10.8.